The summed E-state index contributed by atoms with van der Waals surface area (Å²) in [7, 11) is -4.28. The van der Waals surface area contributed by atoms with Crippen LogP contribution in [0.1, 0.15) is 57.0 Å². The van der Waals surface area contributed by atoms with Crippen LogP contribution in [-0.4, -0.2) is 60.7 Å². The van der Waals surface area contributed by atoms with Gasteiger partial charge in [0, 0.05) is 18.2 Å². The number of nitrogens with one attached hydrogen (secondary N) is 1. The van der Waals surface area contributed by atoms with E-state index in [2.05, 4.69) is 40.4 Å². The zero-order valence-corrected chi connectivity index (χ0v) is 25.2. The van der Waals surface area contributed by atoms with Crippen LogP contribution in [0.25, 0.3) is 11.4 Å². The van der Waals surface area contributed by atoms with Crippen LogP contribution in [0.3, 0.4) is 0 Å². The van der Waals surface area contributed by atoms with Gasteiger partial charge in [0.05, 0.1) is 29.7 Å². The zero-order valence-electron chi connectivity index (χ0n) is 24.3. The molecular weight excluding hydrogens is 544 g/mol. The number of sulfonamides is 1. The monoisotopic (exact) mass is 582 g/mol. The fourth-order valence-electron chi connectivity index (χ4n) is 4.66. The van der Waals surface area contributed by atoms with Gasteiger partial charge in [-0.3, -0.25) is 4.79 Å². The number of aryl methyl sites for hydroxylation is 1. The third-order valence-corrected chi connectivity index (χ3v) is 8.54. The third-order valence-electron chi connectivity index (χ3n) is 7.30. The molecule has 1 amide bonds. The number of ether oxygens (including phenoxy) is 2. The van der Waals surface area contributed by atoms with Crippen LogP contribution >= 0.6 is 0 Å². The summed E-state index contributed by atoms with van der Waals surface area (Å²) in [6.45, 7) is 13.6. The number of hydrogen-bond acceptors (Lipinski definition) is 10. The molecule has 3 aromatic heterocycles. The van der Waals surface area contributed by atoms with Crippen molar-refractivity contribution in [2.75, 3.05) is 30.4 Å². The molecule has 1 aliphatic heterocycles. The Balaban J connectivity index is 1.71. The molecule has 1 saturated heterocycles. The van der Waals surface area contributed by atoms with Crippen molar-refractivity contribution in [3.8, 4) is 17.3 Å². The predicted molar refractivity (Wildman–Crippen MR) is 157 cm³/mol. The third kappa shape index (κ3) is 6.94. The summed E-state index contributed by atoms with van der Waals surface area (Å²) in [5.41, 5.74) is 7.47. The van der Waals surface area contributed by atoms with E-state index in [4.69, 9.17) is 20.2 Å². The molecule has 0 radical (unpaired) electrons. The Hall–Kier alpha value is -3.77. The topological polar surface area (TPSA) is 150 Å². The second-order valence-corrected chi connectivity index (χ2v) is 12.7. The zero-order chi connectivity index (χ0) is 29.9. The highest BCUT2D eigenvalue weighted by molar-refractivity contribution is 7.90. The van der Waals surface area contributed by atoms with Crippen LogP contribution in [0.5, 0.6) is 5.88 Å². The number of nitrogen functional groups attached to an aromatic ring is 1. The number of hydrogen-bond donors (Lipinski definition) is 2. The Labute approximate surface area is 241 Å². The molecule has 3 N–H and O–H groups in total. The van der Waals surface area contributed by atoms with Crippen molar-refractivity contribution in [3.05, 3.63) is 53.6 Å². The fraction of sp³-hybridized carbons (Fsp3) is 0.448. The van der Waals surface area contributed by atoms with Crippen LogP contribution in [0.2, 0.25) is 0 Å². The van der Waals surface area contributed by atoms with Gasteiger partial charge in [0.25, 0.3) is 15.9 Å². The van der Waals surface area contributed by atoms with E-state index in [0.717, 1.165) is 12.0 Å². The largest absolute Gasteiger partial charge is 0.475 e. The standard InChI is InChI=1S/C29H38N6O5S/c1-18(2)39-14-15-40-25-17-19(3)16-23(31-25)22-11-10-21(27(32-22)35-13-12-20(4)29(35,5)6)28(36)34-41(37,38)26-9-7-8-24(30)33-26/h7-11,16-18,20H,12-15H2,1-6H3,(H2,30,33)(H,34,36). The van der Waals surface area contributed by atoms with E-state index in [9.17, 15) is 13.2 Å². The molecule has 0 aromatic carbocycles. The Morgan fingerprint density at radius 2 is 1.88 bits per heavy atom. The number of nitrogens with zero attached hydrogens (tertiary/aromatic N) is 4. The van der Waals surface area contributed by atoms with Crippen molar-refractivity contribution in [2.45, 2.75) is 64.6 Å². The lowest BCUT2D eigenvalue weighted by Crippen LogP contribution is -2.43. The summed E-state index contributed by atoms with van der Waals surface area (Å²) < 4.78 is 39.5. The number of carbonyl (C=O) groups excluding carboxylic acids is 1. The van der Waals surface area contributed by atoms with Gasteiger partial charge in [0.15, 0.2) is 5.03 Å². The molecule has 4 heterocycles. The number of amides is 1. The molecule has 0 aliphatic carbocycles. The quantitative estimate of drug-likeness (QED) is 0.336. The van der Waals surface area contributed by atoms with E-state index < -0.39 is 15.9 Å². The second kappa shape index (κ2) is 12.0. The first kappa shape index (κ1) is 30.2. The average molecular weight is 583 g/mol. The summed E-state index contributed by atoms with van der Waals surface area (Å²) in [4.78, 5) is 28.9. The minimum Gasteiger partial charge on any atom is -0.475 e. The minimum absolute atomic E-state index is 0.0290. The number of aromatic nitrogens is 3. The Morgan fingerprint density at radius 1 is 1.12 bits per heavy atom. The van der Waals surface area contributed by atoms with E-state index in [-0.39, 0.29) is 28.1 Å². The molecule has 0 bridgehead atoms. The van der Waals surface area contributed by atoms with Gasteiger partial charge in [-0.1, -0.05) is 13.0 Å². The highest BCUT2D eigenvalue weighted by atomic mass is 32.2. The van der Waals surface area contributed by atoms with E-state index in [0.29, 0.717) is 48.8 Å². The molecule has 3 aromatic rings. The molecule has 12 heteroatoms. The summed E-state index contributed by atoms with van der Waals surface area (Å²) in [6, 6.07) is 11.2. The van der Waals surface area contributed by atoms with Crippen LogP contribution < -0.4 is 20.1 Å². The number of anilines is 2. The average Bonchev–Trinajstić information content (AvgIpc) is 3.17. The number of rotatable bonds is 10. The van der Waals surface area contributed by atoms with Gasteiger partial charge in [-0.25, -0.2) is 19.7 Å². The SMILES string of the molecule is Cc1cc(OCCOC(C)C)nc(-c2ccc(C(=O)NS(=O)(=O)c3cccc(N)n3)c(N3CCC(C)C3(C)C)n2)c1. The van der Waals surface area contributed by atoms with E-state index >= 15 is 0 Å². The normalized spacial score (nSPS) is 16.7. The van der Waals surface area contributed by atoms with Gasteiger partial charge >= 0.3 is 0 Å². The van der Waals surface area contributed by atoms with Crippen LogP contribution in [-0.2, 0) is 14.8 Å². The van der Waals surface area contributed by atoms with Crippen molar-refractivity contribution in [1.82, 2.24) is 19.7 Å². The lowest BCUT2D eigenvalue weighted by Gasteiger charge is -2.36. The van der Waals surface area contributed by atoms with Gasteiger partial charge < -0.3 is 20.1 Å². The van der Waals surface area contributed by atoms with Crippen molar-refractivity contribution >= 4 is 27.6 Å². The van der Waals surface area contributed by atoms with Crippen LogP contribution in [0.4, 0.5) is 11.6 Å². The maximum absolute atomic E-state index is 13.5. The van der Waals surface area contributed by atoms with Crippen molar-refractivity contribution in [2.24, 2.45) is 5.92 Å². The molecule has 41 heavy (non-hydrogen) atoms. The van der Waals surface area contributed by atoms with E-state index in [1.807, 2.05) is 32.9 Å². The number of carbonyl (C=O) groups is 1. The summed E-state index contributed by atoms with van der Waals surface area (Å²) in [6.07, 6.45) is 0.998. The van der Waals surface area contributed by atoms with E-state index in [1.54, 1.807) is 12.1 Å². The van der Waals surface area contributed by atoms with Gasteiger partial charge in [0.1, 0.15) is 18.2 Å². The van der Waals surface area contributed by atoms with Crippen LogP contribution in [0, 0.1) is 12.8 Å². The molecule has 1 unspecified atom stereocenters. The van der Waals surface area contributed by atoms with Crippen LogP contribution in [0.15, 0.2) is 47.5 Å². The molecular formula is C29H38N6O5S. The second-order valence-electron chi connectivity index (χ2n) is 11.0. The Bertz CT molecular complexity index is 1530. The molecule has 220 valence electrons. The number of pyridine rings is 3. The van der Waals surface area contributed by atoms with Gasteiger partial charge in [0.2, 0.25) is 5.88 Å². The first-order chi connectivity index (χ1) is 19.3. The first-order valence-electron chi connectivity index (χ1n) is 13.6. The molecule has 1 aliphatic rings. The molecule has 0 spiro atoms. The van der Waals surface area contributed by atoms with Crippen molar-refractivity contribution in [1.29, 1.82) is 0 Å². The smallest absolute Gasteiger partial charge is 0.281 e. The minimum atomic E-state index is -4.28. The van der Waals surface area contributed by atoms with Crippen molar-refractivity contribution in [3.63, 3.8) is 0 Å². The molecule has 1 fully saturated rings. The fourth-order valence-corrected chi connectivity index (χ4v) is 5.61. The highest BCUT2D eigenvalue weighted by Crippen LogP contribution is 2.39. The summed E-state index contributed by atoms with van der Waals surface area (Å²) in [5, 5.41) is -0.345. The van der Waals surface area contributed by atoms with E-state index in [1.165, 1.54) is 18.2 Å². The van der Waals surface area contributed by atoms with Gasteiger partial charge in [-0.05, 0) is 82.9 Å². The van der Waals surface area contributed by atoms with Gasteiger partial charge in [-0.15, -0.1) is 0 Å². The highest BCUT2D eigenvalue weighted by Gasteiger charge is 2.41. The predicted octanol–water partition coefficient (Wildman–Crippen LogP) is 3.98. The Kier molecular flexibility index (Phi) is 8.83. The molecule has 1 atom stereocenters. The summed E-state index contributed by atoms with van der Waals surface area (Å²) >= 11 is 0. The molecule has 0 saturated carbocycles. The van der Waals surface area contributed by atoms with Crippen molar-refractivity contribution < 1.29 is 22.7 Å². The maximum Gasteiger partial charge on any atom is 0.281 e. The molecule has 11 nitrogen and oxygen atoms in total. The first-order valence-corrected chi connectivity index (χ1v) is 15.1. The molecule has 4 rings (SSSR count). The number of nitrogens with two attached hydrogens (primary N) is 1. The van der Waals surface area contributed by atoms with Gasteiger partial charge in [-0.2, -0.15) is 8.42 Å². The lowest BCUT2D eigenvalue weighted by molar-refractivity contribution is 0.0542. The lowest BCUT2D eigenvalue weighted by atomic mass is 9.90. The Morgan fingerprint density at radius 3 is 2.54 bits per heavy atom. The maximum atomic E-state index is 13.5. The summed E-state index contributed by atoms with van der Waals surface area (Å²) in [5.74, 6) is 0.343.